The molecule has 0 spiro atoms. The molecule has 0 aromatic heterocycles. The van der Waals surface area contributed by atoms with E-state index in [1.54, 1.807) is 18.2 Å². The first kappa shape index (κ1) is 12.6. The molecule has 2 rings (SSSR count). The van der Waals surface area contributed by atoms with Crippen LogP contribution in [0.1, 0.15) is 12.0 Å². The molecule has 1 heterocycles. The molecule has 3 N–H and O–H groups in total. The van der Waals surface area contributed by atoms with Gasteiger partial charge < -0.3 is 11.1 Å². The van der Waals surface area contributed by atoms with E-state index in [0.717, 1.165) is 5.56 Å². The number of nitrogens with two attached hydrogens (primary N) is 1. The van der Waals surface area contributed by atoms with E-state index >= 15 is 0 Å². The molecule has 18 heavy (non-hydrogen) atoms. The van der Waals surface area contributed by atoms with E-state index in [9.17, 15) is 9.59 Å². The standard InChI is InChI=1S/C13H13ClN2O2/c1-2-5-13(11(15)17)7-8-6-9(14)3-4-10(8)16-12(13)18/h2-4,6H,1,5,7H2,(H2,15,17)(H,16,18). The van der Waals surface area contributed by atoms with Gasteiger partial charge in [0, 0.05) is 10.7 Å². The monoisotopic (exact) mass is 264 g/mol. The summed E-state index contributed by atoms with van der Waals surface area (Å²) in [6.07, 6.45) is 1.98. The first-order chi connectivity index (χ1) is 8.49. The normalized spacial score (nSPS) is 21.9. The Hall–Kier alpha value is -1.81. The highest BCUT2D eigenvalue weighted by Gasteiger charge is 2.46. The molecular weight excluding hydrogens is 252 g/mol. The van der Waals surface area contributed by atoms with Gasteiger partial charge in [0.15, 0.2) is 0 Å². The van der Waals surface area contributed by atoms with E-state index < -0.39 is 11.3 Å². The number of rotatable bonds is 3. The maximum atomic E-state index is 12.1. The second-order valence-electron chi connectivity index (χ2n) is 4.37. The third-order valence-electron chi connectivity index (χ3n) is 3.21. The van der Waals surface area contributed by atoms with Crippen molar-refractivity contribution >= 4 is 29.1 Å². The first-order valence-electron chi connectivity index (χ1n) is 5.50. The van der Waals surface area contributed by atoms with Crippen molar-refractivity contribution in [3.63, 3.8) is 0 Å². The van der Waals surface area contributed by atoms with Gasteiger partial charge in [0.2, 0.25) is 11.8 Å². The lowest BCUT2D eigenvalue weighted by Crippen LogP contribution is -2.50. The van der Waals surface area contributed by atoms with Gasteiger partial charge in [-0.3, -0.25) is 9.59 Å². The van der Waals surface area contributed by atoms with E-state index in [0.29, 0.717) is 10.7 Å². The van der Waals surface area contributed by atoms with Crippen molar-refractivity contribution < 1.29 is 9.59 Å². The van der Waals surface area contributed by atoms with E-state index in [1.807, 2.05) is 0 Å². The summed E-state index contributed by atoms with van der Waals surface area (Å²) >= 11 is 5.91. The van der Waals surface area contributed by atoms with Crippen LogP contribution >= 0.6 is 11.6 Å². The summed E-state index contributed by atoms with van der Waals surface area (Å²) in [6, 6.07) is 5.14. The van der Waals surface area contributed by atoms with E-state index in [2.05, 4.69) is 11.9 Å². The molecule has 1 aromatic carbocycles. The Bertz CT molecular complexity index is 542. The lowest BCUT2D eigenvalue weighted by atomic mass is 9.74. The minimum absolute atomic E-state index is 0.208. The minimum Gasteiger partial charge on any atom is -0.369 e. The number of halogens is 1. The third kappa shape index (κ3) is 1.88. The smallest absolute Gasteiger partial charge is 0.240 e. The number of primary amides is 1. The molecule has 0 radical (unpaired) electrons. The third-order valence-corrected chi connectivity index (χ3v) is 3.44. The second-order valence-corrected chi connectivity index (χ2v) is 4.81. The van der Waals surface area contributed by atoms with Gasteiger partial charge >= 0.3 is 0 Å². The highest BCUT2D eigenvalue weighted by atomic mass is 35.5. The van der Waals surface area contributed by atoms with Gasteiger partial charge in [-0.1, -0.05) is 17.7 Å². The van der Waals surface area contributed by atoms with Gasteiger partial charge in [-0.15, -0.1) is 6.58 Å². The van der Waals surface area contributed by atoms with Crippen molar-refractivity contribution in [2.45, 2.75) is 12.8 Å². The van der Waals surface area contributed by atoms with Crippen molar-refractivity contribution in [1.82, 2.24) is 0 Å². The number of hydrogen-bond acceptors (Lipinski definition) is 2. The maximum absolute atomic E-state index is 12.1. The highest BCUT2D eigenvalue weighted by molar-refractivity contribution is 6.30. The fourth-order valence-electron chi connectivity index (χ4n) is 2.19. The molecule has 0 bridgehead atoms. The SMILES string of the molecule is C=CCC1(C(N)=O)Cc2cc(Cl)ccc2NC1=O. The zero-order chi connectivity index (χ0) is 13.3. The average Bonchev–Trinajstić information content (AvgIpc) is 2.30. The Balaban J connectivity index is 2.50. The van der Waals surface area contributed by atoms with Crippen LogP contribution in [-0.2, 0) is 16.0 Å². The van der Waals surface area contributed by atoms with Crippen LogP contribution in [0.5, 0.6) is 0 Å². The van der Waals surface area contributed by atoms with Gasteiger partial charge in [-0.25, -0.2) is 0 Å². The molecule has 1 atom stereocenters. The molecule has 1 aromatic rings. The first-order valence-corrected chi connectivity index (χ1v) is 5.88. The van der Waals surface area contributed by atoms with E-state index in [1.165, 1.54) is 6.08 Å². The number of allylic oxidation sites excluding steroid dienone is 1. The van der Waals surface area contributed by atoms with Crippen LogP contribution in [0.3, 0.4) is 0 Å². The Kier molecular flexibility index (Phi) is 3.13. The molecule has 94 valence electrons. The second kappa shape index (κ2) is 4.46. The molecule has 1 unspecified atom stereocenters. The number of anilines is 1. The van der Waals surface area contributed by atoms with Gasteiger partial charge in [0.25, 0.3) is 0 Å². The summed E-state index contributed by atoms with van der Waals surface area (Å²) in [5, 5.41) is 3.26. The van der Waals surface area contributed by atoms with Gasteiger partial charge in [0.05, 0.1) is 0 Å². The van der Waals surface area contributed by atoms with Gasteiger partial charge in [-0.2, -0.15) is 0 Å². The van der Waals surface area contributed by atoms with Crippen LogP contribution in [0.15, 0.2) is 30.9 Å². The number of fused-ring (bicyclic) bond motifs is 1. The molecule has 4 nitrogen and oxygen atoms in total. The molecule has 2 amide bonds. The number of carbonyl (C=O) groups is 2. The van der Waals surface area contributed by atoms with Crippen LogP contribution in [0.4, 0.5) is 5.69 Å². The Morgan fingerprint density at radius 2 is 2.33 bits per heavy atom. The molecule has 0 saturated heterocycles. The Morgan fingerprint density at radius 1 is 1.61 bits per heavy atom. The Morgan fingerprint density at radius 3 is 2.94 bits per heavy atom. The average molecular weight is 265 g/mol. The van der Waals surface area contributed by atoms with Crippen molar-refractivity contribution in [2.24, 2.45) is 11.1 Å². The highest BCUT2D eigenvalue weighted by Crippen LogP contribution is 2.37. The van der Waals surface area contributed by atoms with Crippen molar-refractivity contribution in [1.29, 1.82) is 0 Å². The number of hydrogen-bond donors (Lipinski definition) is 2. The van der Waals surface area contributed by atoms with Crippen molar-refractivity contribution in [3.05, 3.63) is 41.4 Å². The van der Waals surface area contributed by atoms with Crippen LogP contribution in [-0.4, -0.2) is 11.8 Å². The summed E-state index contributed by atoms with van der Waals surface area (Å²) in [6.45, 7) is 3.58. The van der Waals surface area contributed by atoms with Crippen LogP contribution in [0.2, 0.25) is 5.02 Å². The number of carbonyl (C=O) groups excluding carboxylic acids is 2. The topological polar surface area (TPSA) is 72.2 Å². The summed E-state index contributed by atoms with van der Waals surface area (Å²) in [5.74, 6) is -1.03. The van der Waals surface area contributed by atoms with Crippen molar-refractivity contribution in [3.8, 4) is 0 Å². The lowest BCUT2D eigenvalue weighted by Gasteiger charge is -2.33. The molecule has 0 aliphatic carbocycles. The van der Waals surface area contributed by atoms with Crippen molar-refractivity contribution in [2.75, 3.05) is 5.32 Å². The van der Waals surface area contributed by atoms with Crippen LogP contribution in [0.25, 0.3) is 0 Å². The zero-order valence-corrected chi connectivity index (χ0v) is 10.5. The largest absolute Gasteiger partial charge is 0.369 e. The number of amides is 2. The minimum atomic E-state index is -1.26. The van der Waals surface area contributed by atoms with Gasteiger partial charge in [0.1, 0.15) is 5.41 Å². The Labute approximate surface area is 110 Å². The summed E-state index contributed by atoms with van der Waals surface area (Å²) < 4.78 is 0. The molecule has 0 saturated carbocycles. The maximum Gasteiger partial charge on any atom is 0.240 e. The number of benzene rings is 1. The predicted octanol–water partition coefficient (Wildman–Crippen LogP) is 1.88. The number of nitrogens with one attached hydrogen (secondary N) is 1. The quantitative estimate of drug-likeness (QED) is 0.646. The lowest BCUT2D eigenvalue weighted by molar-refractivity contribution is -0.138. The zero-order valence-electron chi connectivity index (χ0n) is 9.70. The van der Waals surface area contributed by atoms with E-state index in [4.69, 9.17) is 17.3 Å². The fraction of sp³-hybridized carbons (Fsp3) is 0.231. The van der Waals surface area contributed by atoms with E-state index in [-0.39, 0.29) is 18.7 Å². The van der Waals surface area contributed by atoms with Gasteiger partial charge in [-0.05, 0) is 36.6 Å². The summed E-state index contributed by atoms with van der Waals surface area (Å²) in [4.78, 5) is 23.8. The van der Waals surface area contributed by atoms with Crippen LogP contribution < -0.4 is 11.1 Å². The molecule has 1 aliphatic heterocycles. The summed E-state index contributed by atoms with van der Waals surface area (Å²) in [5.41, 5.74) is 5.61. The molecular formula is C13H13ClN2O2. The summed E-state index contributed by atoms with van der Waals surface area (Å²) in [7, 11) is 0. The molecule has 1 aliphatic rings. The fourth-order valence-corrected chi connectivity index (χ4v) is 2.38. The predicted molar refractivity (Wildman–Crippen MR) is 70.2 cm³/mol. The van der Waals surface area contributed by atoms with Crippen LogP contribution in [0, 0.1) is 5.41 Å². The molecule has 0 fully saturated rings. The molecule has 5 heteroatoms.